The second kappa shape index (κ2) is 6.99. The molecule has 0 radical (unpaired) electrons. The normalized spacial score (nSPS) is 13.0. The lowest BCUT2D eigenvalue weighted by atomic mass is 9.97. The van der Waals surface area contributed by atoms with Crippen molar-refractivity contribution in [3.63, 3.8) is 0 Å². The Bertz CT molecular complexity index is 902. The molecule has 0 aliphatic heterocycles. The number of pyridine rings is 1. The maximum atomic E-state index is 9.21. The van der Waals surface area contributed by atoms with E-state index in [0.29, 0.717) is 0 Å². The number of hydrogen-bond donors (Lipinski definition) is 1. The molecule has 0 spiro atoms. The largest absolute Gasteiger partial charge is 0.392 e. The topological polar surface area (TPSA) is 33.1 Å². The first-order valence-corrected chi connectivity index (χ1v) is 9.07. The molecule has 126 valence electrons. The second-order valence-electron chi connectivity index (χ2n) is 6.61. The van der Waals surface area contributed by atoms with Crippen LogP contribution in [0.25, 0.3) is 11.3 Å². The number of halogens is 1. The maximum absolute atomic E-state index is 9.21. The quantitative estimate of drug-likeness (QED) is 0.721. The molecule has 3 aromatic rings. The lowest BCUT2D eigenvalue weighted by Gasteiger charge is -2.12. The van der Waals surface area contributed by atoms with Crippen LogP contribution in [0.5, 0.6) is 0 Å². The second-order valence-corrected chi connectivity index (χ2v) is 7.04. The lowest BCUT2D eigenvalue weighted by Crippen LogP contribution is -2.00. The van der Waals surface area contributed by atoms with Crippen molar-refractivity contribution in [2.24, 2.45) is 0 Å². The van der Waals surface area contributed by atoms with Gasteiger partial charge in [-0.25, -0.2) is 0 Å². The van der Waals surface area contributed by atoms with Gasteiger partial charge in [0.25, 0.3) is 0 Å². The zero-order valence-electron chi connectivity index (χ0n) is 14.0. The first-order chi connectivity index (χ1) is 12.2. The number of fused-ring (bicyclic) bond motifs is 1. The number of aryl methyl sites for hydroxylation is 1. The first-order valence-electron chi connectivity index (χ1n) is 8.69. The van der Waals surface area contributed by atoms with Crippen LogP contribution in [0.3, 0.4) is 0 Å². The fourth-order valence-corrected chi connectivity index (χ4v) is 3.75. The molecule has 25 heavy (non-hydrogen) atoms. The fourth-order valence-electron chi connectivity index (χ4n) is 3.56. The predicted molar refractivity (Wildman–Crippen MR) is 102 cm³/mol. The van der Waals surface area contributed by atoms with Crippen molar-refractivity contribution in [3.05, 3.63) is 87.6 Å². The number of aliphatic hydroxyl groups is 1. The zero-order valence-corrected chi connectivity index (χ0v) is 14.8. The molecule has 0 atom stereocenters. The summed E-state index contributed by atoms with van der Waals surface area (Å²) in [7, 11) is 0. The number of hydrogen-bond acceptors (Lipinski definition) is 2. The predicted octanol–water partition coefficient (Wildman–Crippen LogP) is 4.97. The van der Waals surface area contributed by atoms with E-state index in [-0.39, 0.29) is 6.61 Å². The van der Waals surface area contributed by atoms with Crippen molar-refractivity contribution >= 4 is 11.6 Å². The molecule has 1 aliphatic rings. The summed E-state index contributed by atoms with van der Waals surface area (Å²) >= 11 is 6.16. The highest BCUT2D eigenvalue weighted by Crippen LogP contribution is 2.31. The van der Waals surface area contributed by atoms with Crippen molar-refractivity contribution in [1.82, 2.24) is 4.98 Å². The van der Waals surface area contributed by atoms with Crippen molar-refractivity contribution in [2.45, 2.75) is 32.3 Å². The molecule has 1 heterocycles. The minimum absolute atomic E-state index is 0.0872. The van der Waals surface area contributed by atoms with Crippen LogP contribution in [0.15, 0.2) is 54.6 Å². The molecule has 2 nitrogen and oxygen atoms in total. The summed E-state index contributed by atoms with van der Waals surface area (Å²) in [5.74, 6) is 0. The van der Waals surface area contributed by atoms with Gasteiger partial charge in [-0.3, -0.25) is 4.98 Å². The van der Waals surface area contributed by atoms with Gasteiger partial charge in [0.05, 0.1) is 12.3 Å². The van der Waals surface area contributed by atoms with Gasteiger partial charge in [-0.1, -0.05) is 48.0 Å². The monoisotopic (exact) mass is 349 g/mol. The van der Waals surface area contributed by atoms with Crippen LogP contribution >= 0.6 is 11.6 Å². The summed E-state index contributed by atoms with van der Waals surface area (Å²) < 4.78 is 0. The summed E-state index contributed by atoms with van der Waals surface area (Å²) in [5.41, 5.74) is 8.28. The Balaban J connectivity index is 1.73. The Hall–Kier alpha value is -2.16. The van der Waals surface area contributed by atoms with E-state index in [1.165, 1.54) is 28.8 Å². The zero-order chi connectivity index (χ0) is 17.2. The highest BCUT2D eigenvalue weighted by Gasteiger charge is 2.18. The molecule has 0 amide bonds. The highest BCUT2D eigenvalue weighted by molar-refractivity contribution is 6.30. The Morgan fingerprint density at radius 1 is 0.960 bits per heavy atom. The van der Waals surface area contributed by atoms with Gasteiger partial charge in [0.15, 0.2) is 0 Å². The van der Waals surface area contributed by atoms with Gasteiger partial charge in [0, 0.05) is 16.3 Å². The molecule has 0 saturated heterocycles. The lowest BCUT2D eigenvalue weighted by molar-refractivity contribution is 0.282. The number of benzene rings is 2. The van der Waals surface area contributed by atoms with Gasteiger partial charge in [-0.05, 0) is 66.1 Å². The van der Waals surface area contributed by atoms with Crippen LogP contribution in [0.2, 0.25) is 5.02 Å². The van der Waals surface area contributed by atoms with E-state index in [1.807, 2.05) is 30.3 Å². The Morgan fingerprint density at radius 3 is 2.52 bits per heavy atom. The van der Waals surface area contributed by atoms with E-state index >= 15 is 0 Å². The maximum Gasteiger partial charge on any atom is 0.0708 e. The molecule has 3 heteroatoms. The molecule has 1 aliphatic carbocycles. The molecule has 0 saturated carbocycles. The van der Waals surface area contributed by atoms with Gasteiger partial charge in [-0.15, -0.1) is 0 Å². The number of aromatic nitrogens is 1. The Morgan fingerprint density at radius 2 is 1.76 bits per heavy atom. The van der Waals surface area contributed by atoms with Crippen LogP contribution < -0.4 is 0 Å². The van der Waals surface area contributed by atoms with Gasteiger partial charge in [0.1, 0.15) is 0 Å². The van der Waals surface area contributed by atoms with Crippen molar-refractivity contribution < 1.29 is 5.11 Å². The van der Waals surface area contributed by atoms with Crippen LogP contribution in [0.1, 0.15) is 34.4 Å². The third-order valence-corrected chi connectivity index (χ3v) is 5.10. The van der Waals surface area contributed by atoms with Crippen LogP contribution in [-0.2, 0) is 25.9 Å². The van der Waals surface area contributed by atoms with Gasteiger partial charge in [-0.2, -0.15) is 0 Å². The van der Waals surface area contributed by atoms with E-state index in [9.17, 15) is 5.11 Å². The van der Waals surface area contributed by atoms with Crippen LogP contribution in [0.4, 0.5) is 0 Å². The van der Waals surface area contributed by atoms with Crippen LogP contribution in [0, 0.1) is 0 Å². The fraction of sp³-hybridized carbons (Fsp3) is 0.227. The number of aliphatic hydroxyl groups excluding tert-OH is 1. The first kappa shape index (κ1) is 16.3. The van der Waals surface area contributed by atoms with E-state index < -0.39 is 0 Å². The van der Waals surface area contributed by atoms with Crippen molar-refractivity contribution in [2.75, 3.05) is 0 Å². The number of rotatable bonds is 4. The molecule has 2 aromatic carbocycles. The average Bonchev–Trinajstić information content (AvgIpc) is 3.11. The van der Waals surface area contributed by atoms with E-state index in [1.54, 1.807) is 0 Å². The SMILES string of the molecule is OCc1ccc(Cc2cc(-c3cccc(Cl)c3)nc3c2CCC3)cc1. The molecule has 4 rings (SSSR count). The highest BCUT2D eigenvalue weighted by atomic mass is 35.5. The standard InChI is InChI=1S/C22H20ClNO/c23-19-4-1-3-17(12-19)22-13-18(20-5-2-6-21(20)24-22)11-15-7-9-16(14-25)10-8-15/h1,3-4,7-10,12-13,25H,2,5-6,11,14H2. The average molecular weight is 350 g/mol. The molecule has 0 fully saturated rings. The summed E-state index contributed by atoms with van der Waals surface area (Å²) in [6.45, 7) is 0.0872. The van der Waals surface area contributed by atoms with E-state index in [2.05, 4.69) is 24.3 Å². The third-order valence-electron chi connectivity index (χ3n) is 4.86. The van der Waals surface area contributed by atoms with Crippen molar-refractivity contribution in [1.29, 1.82) is 0 Å². The minimum Gasteiger partial charge on any atom is -0.392 e. The molecular weight excluding hydrogens is 330 g/mol. The third kappa shape index (κ3) is 3.46. The Labute approximate surface area is 153 Å². The summed E-state index contributed by atoms with van der Waals surface area (Å²) in [5, 5.41) is 9.95. The molecule has 1 aromatic heterocycles. The minimum atomic E-state index is 0.0872. The summed E-state index contributed by atoms with van der Waals surface area (Å²) in [6.07, 6.45) is 4.24. The van der Waals surface area contributed by atoms with Crippen molar-refractivity contribution in [3.8, 4) is 11.3 Å². The molecule has 0 unspecified atom stereocenters. The van der Waals surface area contributed by atoms with Crippen LogP contribution in [-0.4, -0.2) is 10.1 Å². The number of nitrogens with zero attached hydrogens (tertiary/aromatic N) is 1. The van der Waals surface area contributed by atoms with Gasteiger partial charge < -0.3 is 5.11 Å². The smallest absolute Gasteiger partial charge is 0.0708 e. The molecular formula is C22H20ClNO. The van der Waals surface area contributed by atoms with Gasteiger partial charge >= 0.3 is 0 Å². The summed E-state index contributed by atoms with van der Waals surface area (Å²) in [4.78, 5) is 4.90. The summed E-state index contributed by atoms with van der Waals surface area (Å²) in [6, 6.07) is 18.3. The Kier molecular flexibility index (Phi) is 4.56. The molecule has 1 N–H and O–H groups in total. The van der Waals surface area contributed by atoms with E-state index in [4.69, 9.17) is 16.6 Å². The van der Waals surface area contributed by atoms with Gasteiger partial charge in [0.2, 0.25) is 0 Å². The van der Waals surface area contributed by atoms with E-state index in [0.717, 1.165) is 41.1 Å². The molecule has 0 bridgehead atoms.